The van der Waals surface area contributed by atoms with Crippen molar-refractivity contribution < 1.29 is 51.4 Å². The number of amides is 1. The first-order chi connectivity index (χ1) is 12.7. The van der Waals surface area contributed by atoms with Crippen LogP contribution in [0.15, 0.2) is 36.7 Å². The standard InChI is InChI=1S/C13H9FNO.C5H12O.C2H5.CH3NO.Y/c1-9-4-2-6-11(14)12(9)13(16)10-5-3-7-15-8-10;1-5(2,3)6-4;1-2;2-1-3;/h2-5,7-8H,1H3;1-4H3;1H2,2H3;1H,(H2,2,3);/q-1;;-1;;+3/p-1. The largest absolute Gasteiger partial charge is 3.00 e. The van der Waals surface area contributed by atoms with Crippen LogP contribution < -0.4 is 0 Å². The molecule has 28 heavy (non-hydrogen) atoms. The summed E-state index contributed by atoms with van der Waals surface area (Å²) in [7, 11) is 1.71. The van der Waals surface area contributed by atoms with Crippen molar-refractivity contribution >= 4 is 12.2 Å². The van der Waals surface area contributed by atoms with Crippen molar-refractivity contribution in [2.24, 2.45) is 0 Å². The second-order valence-electron chi connectivity index (χ2n) is 5.85. The zero-order chi connectivity index (χ0) is 21.5. The van der Waals surface area contributed by atoms with E-state index >= 15 is 0 Å². The Labute approximate surface area is 193 Å². The summed E-state index contributed by atoms with van der Waals surface area (Å²) in [5, 5.41) is 0. The zero-order valence-electron chi connectivity index (χ0n) is 17.4. The van der Waals surface area contributed by atoms with Gasteiger partial charge in [-0.15, -0.1) is 11.6 Å². The SMILES string of the molecule is COC(C)(C)C.Cc1cc[c-]c(F)c1C(=O)c1cccnc1.[CH2-]C.[NH-]C=O.[Y+3]. The Morgan fingerprint density at radius 3 is 2.18 bits per heavy atom. The third kappa shape index (κ3) is 13.6. The fraction of sp³-hybridized carbons (Fsp3) is 0.333. The van der Waals surface area contributed by atoms with Gasteiger partial charge < -0.3 is 27.0 Å². The van der Waals surface area contributed by atoms with E-state index in [2.05, 4.69) is 18.0 Å². The summed E-state index contributed by atoms with van der Waals surface area (Å²) < 4.78 is 18.4. The first kappa shape index (κ1) is 31.2. The molecule has 2 aromatic rings. The summed E-state index contributed by atoms with van der Waals surface area (Å²) in [5.74, 6) is -0.978. The summed E-state index contributed by atoms with van der Waals surface area (Å²) in [4.78, 5) is 24.3. The number of aryl methyl sites for hydroxylation is 1. The third-order valence-electron chi connectivity index (χ3n) is 2.92. The molecule has 0 unspecified atom stereocenters. The molecular formula is C21H28FN2O3Y. The fourth-order valence-electron chi connectivity index (χ4n) is 1.49. The molecule has 1 aromatic heterocycles. The van der Waals surface area contributed by atoms with Crippen LogP contribution in [0.4, 0.5) is 4.39 Å². The van der Waals surface area contributed by atoms with Gasteiger partial charge in [-0.25, -0.2) is 4.39 Å². The van der Waals surface area contributed by atoms with Crippen LogP contribution in [0.1, 0.15) is 49.2 Å². The summed E-state index contributed by atoms with van der Waals surface area (Å²) in [6.07, 6.45) is 2.99. The number of nitrogens with zero attached hydrogens (tertiary/aromatic N) is 1. The Morgan fingerprint density at radius 1 is 1.32 bits per heavy atom. The van der Waals surface area contributed by atoms with Gasteiger partial charge in [0.25, 0.3) is 0 Å². The molecule has 0 saturated carbocycles. The quantitative estimate of drug-likeness (QED) is 0.355. The van der Waals surface area contributed by atoms with Crippen molar-refractivity contribution in [2.75, 3.05) is 7.11 Å². The summed E-state index contributed by atoms with van der Waals surface area (Å²) in [6, 6.07) is 8.76. The molecule has 7 heteroatoms. The van der Waals surface area contributed by atoms with Gasteiger partial charge in [-0.3, -0.25) is 4.98 Å². The number of pyridine rings is 1. The van der Waals surface area contributed by atoms with E-state index in [0.29, 0.717) is 11.1 Å². The van der Waals surface area contributed by atoms with E-state index in [1.54, 1.807) is 45.4 Å². The molecule has 2 rings (SSSR count). The van der Waals surface area contributed by atoms with Crippen LogP contribution in [-0.4, -0.2) is 29.9 Å². The molecule has 1 N–H and O–H groups in total. The number of rotatable bonds is 2. The van der Waals surface area contributed by atoms with Crippen molar-refractivity contribution in [3.63, 3.8) is 0 Å². The average Bonchev–Trinajstić information content (AvgIpc) is 2.64. The van der Waals surface area contributed by atoms with Gasteiger partial charge in [-0.05, 0) is 38.5 Å². The Balaban J connectivity index is -0.000000441. The number of carbonyl (C=O) groups excluding carboxylic acids is 2. The van der Waals surface area contributed by atoms with Crippen molar-refractivity contribution in [2.45, 2.75) is 40.2 Å². The second-order valence-corrected chi connectivity index (χ2v) is 5.85. The predicted molar refractivity (Wildman–Crippen MR) is 106 cm³/mol. The van der Waals surface area contributed by atoms with Gasteiger partial charge in [0.1, 0.15) is 5.78 Å². The van der Waals surface area contributed by atoms with Crippen molar-refractivity contribution in [1.29, 1.82) is 0 Å². The molecule has 0 saturated heterocycles. The molecule has 0 aliphatic rings. The monoisotopic (exact) mass is 464 g/mol. The molecule has 0 fully saturated rings. The Hall–Kier alpha value is -1.50. The minimum absolute atomic E-state index is 0. The van der Waals surface area contributed by atoms with Gasteiger partial charge >= 0.3 is 32.7 Å². The van der Waals surface area contributed by atoms with Gasteiger partial charge in [0.05, 0.1) is 5.60 Å². The molecule has 1 heterocycles. The molecule has 0 spiro atoms. The van der Waals surface area contributed by atoms with Crippen LogP contribution >= 0.6 is 0 Å². The summed E-state index contributed by atoms with van der Waals surface area (Å²) in [6.45, 7) is 12.8. The van der Waals surface area contributed by atoms with Crippen LogP contribution in [0.2, 0.25) is 0 Å². The first-order valence-corrected chi connectivity index (χ1v) is 8.16. The van der Waals surface area contributed by atoms with Crippen molar-refractivity contribution in [1.82, 2.24) is 4.98 Å². The average molecular weight is 464 g/mol. The number of hydrogen-bond donors (Lipinski definition) is 0. The van der Waals surface area contributed by atoms with Crippen LogP contribution in [-0.2, 0) is 42.2 Å². The van der Waals surface area contributed by atoms with E-state index in [1.165, 1.54) is 12.3 Å². The summed E-state index contributed by atoms with van der Waals surface area (Å²) in [5.41, 5.74) is 6.62. The van der Waals surface area contributed by atoms with Crippen molar-refractivity contribution in [3.8, 4) is 0 Å². The van der Waals surface area contributed by atoms with E-state index in [1.807, 2.05) is 20.8 Å². The normalized spacial score (nSPS) is 9.00. The number of carbonyl (C=O) groups is 2. The van der Waals surface area contributed by atoms with Gasteiger partial charge in [-0.1, -0.05) is 6.92 Å². The molecule has 1 amide bonds. The van der Waals surface area contributed by atoms with Gasteiger partial charge in [0.15, 0.2) is 0 Å². The Morgan fingerprint density at radius 2 is 1.82 bits per heavy atom. The van der Waals surface area contributed by atoms with E-state index in [4.69, 9.17) is 15.3 Å². The van der Waals surface area contributed by atoms with Gasteiger partial charge in [-0.2, -0.15) is 19.1 Å². The number of nitrogens with one attached hydrogen (secondary N) is 1. The van der Waals surface area contributed by atoms with E-state index in [9.17, 15) is 9.18 Å². The molecule has 1 aromatic carbocycles. The number of aromatic nitrogens is 1. The van der Waals surface area contributed by atoms with E-state index in [-0.39, 0.29) is 56.1 Å². The van der Waals surface area contributed by atoms with Gasteiger partial charge in [0.2, 0.25) is 0 Å². The number of methoxy groups -OCH3 is 1. The molecule has 150 valence electrons. The molecule has 0 bridgehead atoms. The van der Waals surface area contributed by atoms with Crippen LogP contribution in [0.25, 0.3) is 5.73 Å². The first-order valence-electron chi connectivity index (χ1n) is 8.16. The molecule has 0 atom stereocenters. The number of ether oxygens (including phenoxy) is 1. The fourth-order valence-corrected chi connectivity index (χ4v) is 1.49. The minimum Gasteiger partial charge on any atom is -0.671 e. The topological polar surface area (TPSA) is 80.1 Å². The summed E-state index contributed by atoms with van der Waals surface area (Å²) >= 11 is 0. The van der Waals surface area contributed by atoms with Crippen molar-refractivity contribution in [3.05, 3.63) is 77.9 Å². The maximum absolute atomic E-state index is 13.5. The number of halogens is 1. The molecule has 5 nitrogen and oxygen atoms in total. The number of ketones is 1. The third-order valence-corrected chi connectivity index (χ3v) is 2.92. The molecule has 0 aliphatic heterocycles. The smallest absolute Gasteiger partial charge is 0.671 e. The Kier molecular flexibility index (Phi) is 19.6. The maximum atomic E-state index is 13.5. The molecule has 0 radical (unpaired) electrons. The van der Waals surface area contributed by atoms with Crippen LogP contribution in [0.5, 0.6) is 0 Å². The predicted octanol–water partition coefficient (Wildman–Crippen LogP) is 5.02. The molecule has 0 aliphatic carbocycles. The maximum Gasteiger partial charge on any atom is 3.00 e. The van der Waals surface area contributed by atoms with E-state index < -0.39 is 5.82 Å². The van der Waals surface area contributed by atoms with Crippen LogP contribution in [0.3, 0.4) is 0 Å². The zero-order valence-corrected chi connectivity index (χ0v) is 20.2. The number of benzene rings is 1. The minimum atomic E-state index is -0.617. The van der Waals surface area contributed by atoms with Crippen LogP contribution in [0, 0.1) is 25.7 Å². The van der Waals surface area contributed by atoms with E-state index in [0.717, 1.165) is 0 Å². The number of hydrogen-bond acceptors (Lipinski definition) is 4. The van der Waals surface area contributed by atoms with Gasteiger partial charge in [0, 0.05) is 37.3 Å². The molecular weight excluding hydrogens is 436 g/mol. The second kappa shape index (κ2) is 17.6. The Bertz CT molecular complexity index is 655.